The summed E-state index contributed by atoms with van der Waals surface area (Å²) >= 11 is 0. The molecule has 1 atom stereocenters. The standard InChI is InChI=1S/C13H27N3O/c1-2-12-6-3-4-10-16(12)11-9-15-13(17)7-5-8-14/h12H,2-11,14H2,1H3,(H,15,17). The van der Waals surface area contributed by atoms with E-state index in [2.05, 4.69) is 17.1 Å². The minimum absolute atomic E-state index is 0.139. The average Bonchev–Trinajstić information content (AvgIpc) is 2.37. The molecule has 1 amide bonds. The van der Waals surface area contributed by atoms with Gasteiger partial charge in [-0.15, -0.1) is 0 Å². The van der Waals surface area contributed by atoms with Gasteiger partial charge in [0.1, 0.15) is 0 Å². The topological polar surface area (TPSA) is 58.4 Å². The third kappa shape index (κ3) is 5.50. The molecule has 3 N–H and O–H groups in total. The Morgan fingerprint density at radius 1 is 1.47 bits per heavy atom. The Morgan fingerprint density at radius 3 is 3.00 bits per heavy atom. The number of hydrogen-bond acceptors (Lipinski definition) is 3. The molecule has 0 spiro atoms. The minimum Gasteiger partial charge on any atom is -0.355 e. The molecular weight excluding hydrogens is 214 g/mol. The highest BCUT2D eigenvalue weighted by molar-refractivity contribution is 5.75. The molecule has 0 radical (unpaired) electrons. The lowest BCUT2D eigenvalue weighted by molar-refractivity contribution is -0.121. The molecule has 1 rings (SSSR count). The van der Waals surface area contributed by atoms with E-state index >= 15 is 0 Å². The number of likely N-dealkylation sites (tertiary alicyclic amines) is 1. The molecular formula is C13H27N3O. The SMILES string of the molecule is CCC1CCCCN1CCNC(=O)CCCN. The summed E-state index contributed by atoms with van der Waals surface area (Å²) in [4.78, 5) is 13.9. The van der Waals surface area contributed by atoms with E-state index in [9.17, 15) is 4.79 Å². The van der Waals surface area contributed by atoms with Crippen molar-refractivity contribution < 1.29 is 4.79 Å². The molecule has 1 aliphatic rings. The van der Waals surface area contributed by atoms with Gasteiger partial charge in [-0.05, 0) is 38.8 Å². The summed E-state index contributed by atoms with van der Waals surface area (Å²) in [5, 5.41) is 2.97. The summed E-state index contributed by atoms with van der Waals surface area (Å²) in [7, 11) is 0. The first-order valence-electron chi connectivity index (χ1n) is 6.98. The van der Waals surface area contributed by atoms with Crippen LogP contribution in [0.15, 0.2) is 0 Å². The van der Waals surface area contributed by atoms with E-state index in [-0.39, 0.29) is 5.91 Å². The number of nitrogens with one attached hydrogen (secondary N) is 1. The van der Waals surface area contributed by atoms with Crippen LogP contribution in [0.2, 0.25) is 0 Å². The van der Waals surface area contributed by atoms with Crippen LogP contribution in [0, 0.1) is 0 Å². The van der Waals surface area contributed by atoms with E-state index < -0.39 is 0 Å². The van der Waals surface area contributed by atoms with Gasteiger partial charge in [-0.3, -0.25) is 9.69 Å². The Kier molecular flexibility index (Phi) is 7.21. The molecule has 0 aromatic carbocycles. The Balaban J connectivity index is 2.14. The first kappa shape index (κ1) is 14.5. The number of amides is 1. The summed E-state index contributed by atoms with van der Waals surface area (Å²) in [5.74, 6) is 0.139. The summed E-state index contributed by atoms with van der Waals surface area (Å²) in [6, 6.07) is 0.727. The van der Waals surface area contributed by atoms with E-state index in [1.54, 1.807) is 0 Å². The van der Waals surface area contributed by atoms with Gasteiger partial charge in [0.2, 0.25) is 5.91 Å². The van der Waals surface area contributed by atoms with Crippen molar-refractivity contribution in [2.24, 2.45) is 5.73 Å². The fourth-order valence-electron chi connectivity index (χ4n) is 2.51. The second-order valence-corrected chi connectivity index (χ2v) is 4.84. The van der Waals surface area contributed by atoms with E-state index in [0.717, 1.165) is 25.6 Å². The summed E-state index contributed by atoms with van der Waals surface area (Å²) < 4.78 is 0. The summed E-state index contributed by atoms with van der Waals surface area (Å²) in [6.45, 7) is 5.81. The predicted octanol–water partition coefficient (Wildman–Crippen LogP) is 1.11. The van der Waals surface area contributed by atoms with Crippen LogP contribution in [0.3, 0.4) is 0 Å². The molecule has 1 heterocycles. The van der Waals surface area contributed by atoms with Crippen LogP contribution in [0.4, 0.5) is 0 Å². The second kappa shape index (κ2) is 8.48. The molecule has 1 aliphatic heterocycles. The fourth-order valence-corrected chi connectivity index (χ4v) is 2.51. The van der Waals surface area contributed by atoms with Crippen LogP contribution >= 0.6 is 0 Å². The van der Waals surface area contributed by atoms with Crippen molar-refractivity contribution in [3.63, 3.8) is 0 Å². The molecule has 4 heteroatoms. The second-order valence-electron chi connectivity index (χ2n) is 4.84. The molecule has 1 saturated heterocycles. The lowest BCUT2D eigenvalue weighted by Crippen LogP contribution is -2.43. The number of nitrogens with two attached hydrogens (primary N) is 1. The van der Waals surface area contributed by atoms with Crippen LogP contribution in [-0.2, 0) is 4.79 Å². The van der Waals surface area contributed by atoms with Gasteiger partial charge in [-0.2, -0.15) is 0 Å². The van der Waals surface area contributed by atoms with Gasteiger partial charge in [0.05, 0.1) is 0 Å². The van der Waals surface area contributed by atoms with Crippen molar-refractivity contribution in [3.05, 3.63) is 0 Å². The van der Waals surface area contributed by atoms with Gasteiger partial charge in [-0.1, -0.05) is 13.3 Å². The van der Waals surface area contributed by atoms with Gasteiger partial charge in [0, 0.05) is 25.6 Å². The molecule has 0 aromatic heterocycles. The van der Waals surface area contributed by atoms with Gasteiger partial charge < -0.3 is 11.1 Å². The Labute approximate surface area is 105 Å². The number of carbonyl (C=O) groups is 1. The molecule has 4 nitrogen and oxygen atoms in total. The average molecular weight is 241 g/mol. The zero-order valence-corrected chi connectivity index (χ0v) is 11.1. The zero-order chi connectivity index (χ0) is 12.5. The monoisotopic (exact) mass is 241 g/mol. The smallest absolute Gasteiger partial charge is 0.220 e. The molecule has 0 aliphatic carbocycles. The Morgan fingerprint density at radius 2 is 2.29 bits per heavy atom. The van der Waals surface area contributed by atoms with Gasteiger partial charge in [0.25, 0.3) is 0 Å². The van der Waals surface area contributed by atoms with Crippen molar-refractivity contribution in [2.45, 2.75) is 51.5 Å². The van der Waals surface area contributed by atoms with Crippen LogP contribution < -0.4 is 11.1 Å². The maximum absolute atomic E-state index is 11.4. The molecule has 1 fully saturated rings. The van der Waals surface area contributed by atoms with Crippen LogP contribution in [0.25, 0.3) is 0 Å². The minimum atomic E-state index is 0.139. The van der Waals surface area contributed by atoms with Crippen molar-refractivity contribution >= 4 is 5.91 Å². The van der Waals surface area contributed by atoms with Crippen LogP contribution in [0.5, 0.6) is 0 Å². The van der Waals surface area contributed by atoms with Crippen LogP contribution in [-0.4, -0.2) is 43.0 Å². The highest BCUT2D eigenvalue weighted by atomic mass is 16.1. The Bertz CT molecular complexity index is 221. The van der Waals surface area contributed by atoms with E-state index in [4.69, 9.17) is 5.73 Å². The van der Waals surface area contributed by atoms with Crippen molar-refractivity contribution in [2.75, 3.05) is 26.2 Å². The number of hydrogen-bond donors (Lipinski definition) is 2. The molecule has 0 aromatic rings. The molecule has 1 unspecified atom stereocenters. The van der Waals surface area contributed by atoms with Crippen molar-refractivity contribution in [1.82, 2.24) is 10.2 Å². The van der Waals surface area contributed by atoms with Crippen molar-refractivity contribution in [1.29, 1.82) is 0 Å². The van der Waals surface area contributed by atoms with Crippen LogP contribution in [0.1, 0.15) is 45.4 Å². The number of carbonyl (C=O) groups excluding carboxylic acids is 1. The highest BCUT2D eigenvalue weighted by Crippen LogP contribution is 2.18. The molecule has 17 heavy (non-hydrogen) atoms. The quantitative estimate of drug-likeness (QED) is 0.702. The third-order valence-corrected chi connectivity index (χ3v) is 3.55. The first-order valence-corrected chi connectivity index (χ1v) is 6.98. The maximum Gasteiger partial charge on any atom is 0.220 e. The normalized spacial score (nSPS) is 21.4. The highest BCUT2D eigenvalue weighted by Gasteiger charge is 2.19. The predicted molar refractivity (Wildman–Crippen MR) is 70.8 cm³/mol. The van der Waals surface area contributed by atoms with Gasteiger partial charge in [0.15, 0.2) is 0 Å². The van der Waals surface area contributed by atoms with Crippen molar-refractivity contribution in [3.8, 4) is 0 Å². The lowest BCUT2D eigenvalue weighted by Gasteiger charge is -2.35. The maximum atomic E-state index is 11.4. The summed E-state index contributed by atoms with van der Waals surface area (Å²) in [5.41, 5.74) is 5.37. The zero-order valence-electron chi connectivity index (χ0n) is 11.1. The largest absolute Gasteiger partial charge is 0.355 e. The molecule has 0 saturated carbocycles. The lowest BCUT2D eigenvalue weighted by atomic mass is 10.0. The molecule has 0 bridgehead atoms. The van der Waals surface area contributed by atoms with E-state index in [0.29, 0.717) is 13.0 Å². The number of rotatable bonds is 7. The summed E-state index contributed by atoms with van der Waals surface area (Å²) in [6.07, 6.45) is 6.55. The Hall–Kier alpha value is -0.610. The molecule has 100 valence electrons. The van der Waals surface area contributed by atoms with E-state index in [1.165, 1.54) is 32.2 Å². The number of piperidine rings is 1. The van der Waals surface area contributed by atoms with Gasteiger partial charge in [-0.25, -0.2) is 0 Å². The van der Waals surface area contributed by atoms with E-state index in [1.807, 2.05) is 0 Å². The fraction of sp³-hybridized carbons (Fsp3) is 0.923. The number of nitrogens with zero attached hydrogens (tertiary/aromatic N) is 1. The van der Waals surface area contributed by atoms with Gasteiger partial charge >= 0.3 is 0 Å². The first-order chi connectivity index (χ1) is 8.27. The third-order valence-electron chi connectivity index (χ3n) is 3.55.